The van der Waals surface area contributed by atoms with E-state index in [2.05, 4.69) is 31.1 Å². The summed E-state index contributed by atoms with van der Waals surface area (Å²) < 4.78 is 3.59. The lowest BCUT2D eigenvalue weighted by Gasteiger charge is -2.40. The normalized spacial score (nSPS) is 15.1. The van der Waals surface area contributed by atoms with Gasteiger partial charge < -0.3 is 4.90 Å². The minimum absolute atomic E-state index is 0.277. The standard InChI is InChI=1S/C13H12N8/c1-9-2-12(21-13(18-9)15-8-17-21)19-6-11(7-19)20-5-10(3-14)4-16-20/h2,4-5,8,11H,6-7H2,1H3. The van der Waals surface area contributed by atoms with E-state index in [1.54, 1.807) is 16.9 Å². The number of hydrogen-bond acceptors (Lipinski definition) is 6. The predicted octanol–water partition coefficient (Wildman–Crippen LogP) is 0.562. The zero-order valence-electron chi connectivity index (χ0n) is 11.4. The maximum absolute atomic E-state index is 8.84. The van der Waals surface area contributed by atoms with E-state index in [0.29, 0.717) is 11.3 Å². The van der Waals surface area contributed by atoms with Crippen molar-refractivity contribution in [2.75, 3.05) is 18.0 Å². The molecule has 3 aromatic rings. The third-order valence-corrected chi connectivity index (χ3v) is 3.65. The highest BCUT2D eigenvalue weighted by atomic mass is 15.4. The van der Waals surface area contributed by atoms with Gasteiger partial charge in [-0.1, -0.05) is 0 Å². The molecule has 21 heavy (non-hydrogen) atoms. The van der Waals surface area contributed by atoms with E-state index in [1.807, 2.05) is 17.7 Å². The molecule has 8 nitrogen and oxygen atoms in total. The summed E-state index contributed by atoms with van der Waals surface area (Å²) in [6.45, 7) is 3.60. The molecule has 0 saturated carbocycles. The van der Waals surface area contributed by atoms with Gasteiger partial charge in [-0.3, -0.25) is 4.68 Å². The largest absolute Gasteiger partial charge is 0.352 e. The fraction of sp³-hybridized carbons (Fsp3) is 0.308. The van der Waals surface area contributed by atoms with Crippen molar-refractivity contribution in [1.82, 2.24) is 29.4 Å². The van der Waals surface area contributed by atoms with E-state index < -0.39 is 0 Å². The lowest BCUT2D eigenvalue weighted by Crippen LogP contribution is -2.48. The molecule has 0 amide bonds. The molecule has 4 rings (SSSR count). The van der Waals surface area contributed by atoms with Gasteiger partial charge in [0.2, 0.25) is 0 Å². The van der Waals surface area contributed by atoms with Crippen LogP contribution in [0.15, 0.2) is 24.8 Å². The maximum Gasteiger partial charge on any atom is 0.254 e. The molecular formula is C13H12N8. The zero-order chi connectivity index (χ0) is 14.4. The van der Waals surface area contributed by atoms with Crippen molar-refractivity contribution in [2.24, 2.45) is 0 Å². The van der Waals surface area contributed by atoms with Crippen LogP contribution in [0.5, 0.6) is 0 Å². The van der Waals surface area contributed by atoms with Crippen molar-refractivity contribution < 1.29 is 0 Å². The SMILES string of the molecule is Cc1cc(N2CC(n3cc(C#N)cn3)C2)n2ncnc2n1. The van der Waals surface area contributed by atoms with Crippen molar-refractivity contribution in [3.8, 4) is 6.07 Å². The smallest absolute Gasteiger partial charge is 0.254 e. The van der Waals surface area contributed by atoms with Crippen LogP contribution in [0.1, 0.15) is 17.3 Å². The molecule has 0 aliphatic carbocycles. The first-order valence-corrected chi connectivity index (χ1v) is 6.61. The first-order chi connectivity index (χ1) is 10.2. The molecule has 0 unspecified atom stereocenters. The van der Waals surface area contributed by atoms with Crippen LogP contribution < -0.4 is 4.90 Å². The van der Waals surface area contributed by atoms with Gasteiger partial charge in [-0.25, -0.2) is 4.98 Å². The van der Waals surface area contributed by atoms with Crippen LogP contribution in [0, 0.1) is 18.3 Å². The van der Waals surface area contributed by atoms with Crippen molar-refractivity contribution in [3.63, 3.8) is 0 Å². The average molecular weight is 280 g/mol. The van der Waals surface area contributed by atoms with E-state index >= 15 is 0 Å². The number of anilines is 1. The molecule has 1 aliphatic rings. The van der Waals surface area contributed by atoms with E-state index in [-0.39, 0.29) is 6.04 Å². The third-order valence-electron chi connectivity index (χ3n) is 3.65. The lowest BCUT2D eigenvalue weighted by molar-refractivity contribution is 0.364. The maximum atomic E-state index is 8.84. The number of hydrogen-bond donors (Lipinski definition) is 0. The Balaban J connectivity index is 1.59. The fourth-order valence-electron chi connectivity index (χ4n) is 2.54. The molecule has 1 saturated heterocycles. The van der Waals surface area contributed by atoms with Gasteiger partial charge in [0.1, 0.15) is 18.2 Å². The van der Waals surface area contributed by atoms with Crippen LogP contribution in [0.2, 0.25) is 0 Å². The molecule has 1 aliphatic heterocycles. The first-order valence-electron chi connectivity index (χ1n) is 6.61. The van der Waals surface area contributed by atoms with Crippen LogP contribution in [-0.4, -0.2) is 42.5 Å². The van der Waals surface area contributed by atoms with Crippen LogP contribution in [0.4, 0.5) is 5.82 Å². The van der Waals surface area contributed by atoms with Gasteiger partial charge in [0.05, 0.1) is 17.8 Å². The molecule has 0 N–H and O–H groups in total. The number of aryl methyl sites for hydroxylation is 1. The summed E-state index contributed by atoms with van der Waals surface area (Å²) in [4.78, 5) is 10.7. The van der Waals surface area contributed by atoms with E-state index in [9.17, 15) is 0 Å². The first kappa shape index (κ1) is 11.8. The Kier molecular flexibility index (Phi) is 2.41. The topological polar surface area (TPSA) is 87.9 Å². The molecule has 0 aromatic carbocycles. The highest BCUT2D eigenvalue weighted by molar-refractivity contribution is 5.49. The fourth-order valence-corrected chi connectivity index (χ4v) is 2.54. The van der Waals surface area contributed by atoms with Gasteiger partial charge in [-0.2, -0.15) is 25.0 Å². The third kappa shape index (κ3) is 1.82. The van der Waals surface area contributed by atoms with Gasteiger partial charge in [0.15, 0.2) is 0 Å². The summed E-state index contributed by atoms with van der Waals surface area (Å²) >= 11 is 0. The van der Waals surface area contributed by atoms with Crippen LogP contribution in [-0.2, 0) is 0 Å². The molecular weight excluding hydrogens is 268 g/mol. The van der Waals surface area contributed by atoms with Gasteiger partial charge in [-0.05, 0) is 6.92 Å². The minimum atomic E-state index is 0.277. The number of nitriles is 1. The second-order valence-corrected chi connectivity index (χ2v) is 5.11. The van der Waals surface area contributed by atoms with Gasteiger partial charge in [0.25, 0.3) is 5.78 Å². The van der Waals surface area contributed by atoms with Crippen molar-refractivity contribution in [2.45, 2.75) is 13.0 Å². The molecule has 0 spiro atoms. The van der Waals surface area contributed by atoms with Crippen LogP contribution in [0.3, 0.4) is 0 Å². The van der Waals surface area contributed by atoms with Gasteiger partial charge in [-0.15, -0.1) is 0 Å². The second kappa shape index (κ2) is 4.28. The summed E-state index contributed by atoms with van der Waals surface area (Å²) in [7, 11) is 0. The molecule has 4 heterocycles. The Morgan fingerprint density at radius 1 is 1.33 bits per heavy atom. The molecule has 104 valence electrons. The summed E-state index contributed by atoms with van der Waals surface area (Å²) in [6, 6.07) is 4.37. The van der Waals surface area contributed by atoms with Crippen molar-refractivity contribution in [1.29, 1.82) is 5.26 Å². The van der Waals surface area contributed by atoms with Crippen LogP contribution in [0.25, 0.3) is 5.78 Å². The highest BCUT2D eigenvalue weighted by Gasteiger charge is 2.31. The monoisotopic (exact) mass is 280 g/mol. The lowest BCUT2D eigenvalue weighted by atomic mass is 10.1. The Morgan fingerprint density at radius 3 is 2.95 bits per heavy atom. The molecule has 0 atom stereocenters. The number of aromatic nitrogens is 6. The second-order valence-electron chi connectivity index (χ2n) is 5.11. The Morgan fingerprint density at radius 2 is 2.19 bits per heavy atom. The van der Waals surface area contributed by atoms with Gasteiger partial charge in [0, 0.05) is 31.0 Å². The summed E-state index contributed by atoms with van der Waals surface area (Å²) in [5.41, 5.74) is 1.51. The van der Waals surface area contributed by atoms with E-state index in [0.717, 1.165) is 24.6 Å². The zero-order valence-corrected chi connectivity index (χ0v) is 11.4. The van der Waals surface area contributed by atoms with Gasteiger partial charge >= 0.3 is 0 Å². The number of rotatable bonds is 2. The van der Waals surface area contributed by atoms with Crippen molar-refractivity contribution >= 4 is 11.6 Å². The summed E-state index contributed by atoms with van der Waals surface area (Å²) in [5.74, 6) is 1.60. The Labute approximate surface area is 120 Å². The van der Waals surface area contributed by atoms with E-state index in [1.165, 1.54) is 6.33 Å². The molecule has 0 bridgehead atoms. The number of nitrogens with zero attached hydrogens (tertiary/aromatic N) is 8. The molecule has 8 heteroatoms. The van der Waals surface area contributed by atoms with E-state index in [4.69, 9.17) is 5.26 Å². The minimum Gasteiger partial charge on any atom is -0.352 e. The van der Waals surface area contributed by atoms with Crippen molar-refractivity contribution in [3.05, 3.63) is 36.0 Å². The quantitative estimate of drug-likeness (QED) is 0.681. The molecule has 3 aromatic heterocycles. The average Bonchev–Trinajstić information content (AvgIpc) is 3.05. The van der Waals surface area contributed by atoms with Crippen LogP contribution >= 0.6 is 0 Å². The highest BCUT2D eigenvalue weighted by Crippen LogP contribution is 2.27. The predicted molar refractivity (Wildman–Crippen MR) is 73.7 cm³/mol. The number of fused-ring (bicyclic) bond motifs is 1. The molecule has 0 radical (unpaired) electrons. The Hall–Kier alpha value is -2.95. The Bertz CT molecular complexity index is 849. The summed E-state index contributed by atoms with van der Waals surface area (Å²) in [6.07, 6.45) is 4.88. The summed E-state index contributed by atoms with van der Waals surface area (Å²) in [5, 5.41) is 17.3. The molecule has 1 fully saturated rings.